The quantitative estimate of drug-likeness (QED) is 0.752. The first-order chi connectivity index (χ1) is 7.83. The molecule has 0 radical (unpaired) electrons. The SMILES string of the molecule is O=C1CCc2nc(-c3ccccc3)sc2C1. The van der Waals surface area contributed by atoms with Gasteiger partial charge in [-0.3, -0.25) is 4.79 Å². The molecule has 80 valence electrons. The average molecular weight is 229 g/mol. The molecule has 0 saturated carbocycles. The summed E-state index contributed by atoms with van der Waals surface area (Å²) in [5.74, 6) is 0.343. The fourth-order valence-electron chi connectivity index (χ4n) is 1.95. The average Bonchev–Trinajstić information content (AvgIpc) is 2.73. The maximum atomic E-state index is 11.4. The third kappa shape index (κ3) is 1.67. The number of carbonyl (C=O) groups excluding carboxylic acids is 1. The highest BCUT2D eigenvalue weighted by molar-refractivity contribution is 7.15. The van der Waals surface area contributed by atoms with Crippen molar-refractivity contribution in [3.8, 4) is 10.6 Å². The fraction of sp³-hybridized carbons (Fsp3) is 0.231. The van der Waals surface area contributed by atoms with Crippen LogP contribution in [0.4, 0.5) is 0 Å². The third-order valence-corrected chi connectivity index (χ3v) is 3.94. The van der Waals surface area contributed by atoms with Gasteiger partial charge in [-0.1, -0.05) is 30.3 Å². The van der Waals surface area contributed by atoms with Crippen LogP contribution in [0.15, 0.2) is 30.3 Å². The number of benzene rings is 1. The molecule has 0 amide bonds. The van der Waals surface area contributed by atoms with E-state index in [-0.39, 0.29) is 0 Å². The number of Topliss-reactive ketones (excluding diaryl/α,β-unsaturated/α-hetero) is 1. The summed E-state index contributed by atoms with van der Waals surface area (Å²) in [7, 11) is 0. The zero-order valence-corrected chi connectivity index (χ0v) is 9.59. The lowest BCUT2D eigenvalue weighted by atomic mass is 10.0. The summed E-state index contributed by atoms with van der Waals surface area (Å²) in [6.07, 6.45) is 2.06. The predicted molar refractivity (Wildman–Crippen MR) is 64.6 cm³/mol. The Kier molecular flexibility index (Phi) is 2.33. The number of hydrogen-bond donors (Lipinski definition) is 0. The second-order valence-corrected chi connectivity index (χ2v) is 5.05. The number of rotatable bonds is 1. The Balaban J connectivity index is 2.02. The number of thiazole rings is 1. The highest BCUT2D eigenvalue weighted by Crippen LogP contribution is 2.31. The van der Waals surface area contributed by atoms with E-state index in [1.165, 1.54) is 0 Å². The molecule has 3 heteroatoms. The zero-order chi connectivity index (χ0) is 11.0. The summed E-state index contributed by atoms with van der Waals surface area (Å²) in [6, 6.07) is 10.2. The minimum Gasteiger partial charge on any atom is -0.299 e. The predicted octanol–water partition coefficient (Wildman–Crippen LogP) is 2.87. The van der Waals surface area contributed by atoms with E-state index >= 15 is 0 Å². The standard InChI is InChI=1S/C13H11NOS/c15-10-6-7-11-12(8-10)16-13(14-11)9-4-2-1-3-5-9/h1-5H,6-8H2. The van der Waals surface area contributed by atoms with Crippen LogP contribution in [-0.4, -0.2) is 10.8 Å². The van der Waals surface area contributed by atoms with Gasteiger partial charge in [0.1, 0.15) is 10.8 Å². The van der Waals surface area contributed by atoms with Gasteiger partial charge >= 0.3 is 0 Å². The van der Waals surface area contributed by atoms with E-state index in [1.54, 1.807) is 11.3 Å². The van der Waals surface area contributed by atoms with Gasteiger partial charge in [-0.2, -0.15) is 0 Å². The van der Waals surface area contributed by atoms with Crippen molar-refractivity contribution in [3.63, 3.8) is 0 Å². The molecule has 2 nitrogen and oxygen atoms in total. The number of aromatic nitrogens is 1. The molecule has 1 aromatic carbocycles. The van der Waals surface area contributed by atoms with Gasteiger partial charge in [0.2, 0.25) is 0 Å². The van der Waals surface area contributed by atoms with E-state index in [2.05, 4.69) is 17.1 Å². The lowest BCUT2D eigenvalue weighted by Crippen LogP contribution is -2.11. The number of fused-ring (bicyclic) bond motifs is 1. The van der Waals surface area contributed by atoms with E-state index in [0.717, 1.165) is 27.6 Å². The van der Waals surface area contributed by atoms with Gasteiger partial charge in [-0.15, -0.1) is 11.3 Å². The Morgan fingerprint density at radius 3 is 2.75 bits per heavy atom. The molecule has 0 saturated heterocycles. The minimum absolute atomic E-state index is 0.343. The second kappa shape index (κ2) is 3.83. The van der Waals surface area contributed by atoms with Crippen LogP contribution in [0.3, 0.4) is 0 Å². The van der Waals surface area contributed by atoms with Gasteiger partial charge in [0.25, 0.3) is 0 Å². The number of carbonyl (C=O) groups is 1. The Hall–Kier alpha value is -1.48. The van der Waals surface area contributed by atoms with Gasteiger partial charge in [-0.25, -0.2) is 4.98 Å². The van der Waals surface area contributed by atoms with Crippen LogP contribution >= 0.6 is 11.3 Å². The molecule has 1 aromatic heterocycles. The van der Waals surface area contributed by atoms with Crippen molar-refractivity contribution in [3.05, 3.63) is 40.9 Å². The van der Waals surface area contributed by atoms with Crippen LogP contribution in [0.2, 0.25) is 0 Å². The molecule has 1 aliphatic carbocycles. The van der Waals surface area contributed by atoms with Crippen LogP contribution < -0.4 is 0 Å². The Morgan fingerprint density at radius 2 is 1.94 bits per heavy atom. The molecule has 1 aliphatic rings. The molecule has 1 heterocycles. The lowest BCUT2D eigenvalue weighted by molar-refractivity contribution is -0.118. The smallest absolute Gasteiger partial charge is 0.138 e. The summed E-state index contributed by atoms with van der Waals surface area (Å²) in [4.78, 5) is 17.1. The van der Waals surface area contributed by atoms with Gasteiger partial charge in [-0.05, 0) is 6.42 Å². The largest absolute Gasteiger partial charge is 0.299 e. The van der Waals surface area contributed by atoms with Crippen molar-refractivity contribution in [1.82, 2.24) is 4.98 Å². The Morgan fingerprint density at radius 1 is 1.12 bits per heavy atom. The van der Waals surface area contributed by atoms with Crippen molar-refractivity contribution >= 4 is 17.1 Å². The molecule has 0 aliphatic heterocycles. The normalized spacial score (nSPS) is 14.9. The fourth-order valence-corrected chi connectivity index (χ4v) is 3.09. The highest BCUT2D eigenvalue weighted by atomic mass is 32.1. The van der Waals surface area contributed by atoms with Gasteiger partial charge in [0.15, 0.2) is 0 Å². The summed E-state index contributed by atoms with van der Waals surface area (Å²) < 4.78 is 0. The summed E-state index contributed by atoms with van der Waals surface area (Å²) >= 11 is 1.66. The minimum atomic E-state index is 0.343. The first kappa shape index (κ1) is 9.73. The molecular formula is C13H11NOS. The lowest BCUT2D eigenvalue weighted by Gasteiger charge is -2.06. The molecular weight excluding hydrogens is 218 g/mol. The van der Waals surface area contributed by atoms with Gasteiger partial charge in [0, 0.05) is 23.3 Å². The van der Waals surface area contributed by atoms with E-state index in [1.807, 2.05) is 18.2 Å². The molecule has 0 atom stereocenters. The molecule has 0 bridgehead atoms. The van der Waals surface area contributed by atoms with Crippen LogP contribution in [0, 0.1) is 0 Å². The van der Waals surface area contributed by atoms with E-state index in [0.29, 0.717) is 18.6 Å². The number of ketones is 1. The van der Waals surface area contributed by atoms with E-state index in [4.69, 9.17) is 0 Å². The van der Waals surface area contributed by atoms with Crippen molar-refractivity contribution in [1.29, 1.82) is 0 Å². The summed E-state index contributed by atoms with van der Waals surface area (Å²) in [5.41, 5.74) is 2.28. The van der Waals surface area contributed by atoms with Crippen molar-refractivity contribution in [2.24, 2.45) is 0 Å². The van der Waals surface area contributed by atoms with E-state index in [9.17, 15) is 4.79 Å². The summed E-state index contributed by atoms with van der Waals surface area (Å²) in [5, 5.41) is 1.04. The van der Waals surface area contributed by atoms with Crippen molar-refractivity contribution in [2.75, 3.05) is 0 Å². The van der Waals surface area contributed by atoms with Crippen LogP contribution in [0.5, 0.6) is 0 Å². The van der Waals surface area contributed by atoms with Crippen LogP contribution in [0.1, 0.15) is 17.0 Å². The van der Waals surface area contributed by atoms with E-state index < -0.39 is 0 Å². The number of nitrogens with zero attached hydrogens (tertiary/aromatic N) is 1. The second-order valence-electron chi connectivity index (χ2n) is 3.97. The molecule has 0 N–H and O–H groups in total. The molecule has 3 rings (SSSR count). The first-order valence-electron chi connectivity index (χ1n) is 5.38. The molecule has 0 unspecified atom stereocenters. The maximum absolute atomic E-state index is 11.4. The van der Waals surface area contributed by atoms with Gasteiger partial charge in [0.05, 0.1) is 5.69 Å². The number of hydrogen-bond acceptors (Lipinski definition) is 3. The summed E-state index contributed by atoms with van der Waals surface area (Å²) in [6.45, 7) is 0. The highest BCUT2D eigenvalue weighted by Gasteiger charge is 2.20. The molecule has 0 fully saturated rings. The molecule has 16 heavy (non-hydrogen) atoms. The molecule has 0 spiro atoms. The van der Waals surface area contributed by atoms with Crippen LogP contribution in [0.25, 0.3) is 10.6 Å². The third-order valence-electron chi connectivity index (χ3n) is 2.80. The zero-order valence-electron chi connectivity index (χ0n) is 8.77. The maximum Gasteiger partial charge on any atom is 0.138 e. The van der Waals surface area contributed by atoms with Gasteiger partial charge < -0.3 is 0 Å². The monoisotopic (exact) mass is 229 g/mol. The van der Waals surface area contributed by atoms with Crippen molar-refractivity contribution < 1.29 is 4.79 Å². The Labute approximate surface area is 98.0 Å². The topological polar surface area (TPSA) is 30.0 Å². The van der Waals surface area contributed by atoms with Crippen molar-refractivity contribution in [2.45, 2.75) is 19.3 Å². The first-order valence-corrected chi connectivity index (χ1v) is 6.20. The number of aryl methyl sites for hydroxylation is 1. The molecule has 2 aromatic rings. The van der Waals surface area contributed by atoms with Crippen LogP contribution in [-0.2, 0) is 17.6 Å². The Bertz CT molecular complexity index is 530.